The van der Waals surface area contributed by atoms with Gasteiger partial charge in [0.2, 0.25) is 0 Å². The average Bonchev–Trinajstić information content (AvgIpc) is 2.68. The van der Waals surface area contributed by atoms with Gasteiger partial charge in [-0.15, -0.1) is 0 Å². The lowest BCUT2D eigenvalue weighted by atomic mass is 10.1. The van der Waals surface area contributed by atoms with E-state index in [0.29, 0.717) is 33.8 Å². The largest absolute Gasteiger partial charge is 0.493 e. The zero-order valence-corrected chi connectivity index (χ0v) is 17.1. The van der Waals surface area contributed by atoms with Crippen LogP contribution in [-0.2, 0) is 11.2 Å². The smallest absolute Gasteiger partial charge is 0.266 e. The highest BCUT2D eigenvalue weighted by atomic mass is 79.9. The van der Waals surface area contributed by atoms with Crippen LogP contribution in [-0.4, -0.2) is 19.6 Å². The highest BCUT2D eigenvalue weighted by Crippen LogP contribution is 2.37. The molecule has 1 N–H and O–H groups in total. The Kier molecular flexibility index (Phi) is 7.44. The molecule has 0 saturated carbocycles. The number of rotatable bonds is 7. The van der Waals surface area contributed by atoms with Gasteiger partial charge in [0.1, 0.15) is 11.6 Å². The minimum Gasteiger partial charge on any atom is -0.493 e. The highest BCUT2D eigenvalue weighted by molar-refractivity contribution is 9.10. The van der Waals surface area contributed by atoms with Gasteiger partial charge in [-0.05, 0) is 70.7 Å². The number of carbonyl (C=O) groups is 1. The second-order valence-corrected chi connectivity index (χ2v) is 6.50. The Hall–Kier alpha value is -2.78. The molecule has 1 amide bonds. The van der Waals surface area contributed by atoms with E-state index >= 15 is 0 Å². The first-order valence-electron chi connectivity index (χ1n) is 8.54. The van der Waals surface area contributed by atoms with Gasteiger partial charge in [-0.25, -0.2) is 0 Å². The second kappa shape index (κ2) is 9.79. The Labute approximate surface area is 167 Å². The van der Waals surface area contributed by atoms with E-state index in [4.69, 9.17) is 9.47 Å². The molecule has 0 heterocycles. The summed E-state index contributed by atoms with van der Waals surface area (Å²) in [6, 6.07) is 13.0. The van der Waals surface area contributed by atoms with Crippen LogP contribution < -0.4 is 14.8 Å². The topological polar surface area (TPSA) is 71.3 Å². The summed E-state index contributed by atoms with van der Waals surface area (Å²) in [4.78, 5) is 12.4. The molecule has 0 fully saturated rings. The van der Waals surface area contributed by atoms with Gasteiger partial charge in [-0.3, -0.25) is 4.79 Å². The molecule has 140 valence electrons. The Morgan fingerprint density at radius 2 is 1.96 bits per heavy atom. The molecule has 6 heteroatoms. The number of nitrogens with one attached hydrogen (secondary N) is 1. The van der Waals surface area contributed by atoms with Crippen molar-refractivity contribution < 1.29 is 14.3 Å². The number of nitrogens with zero attached hydrogens (tertiary/aromatic N) is 1. The van der Waals surface area contributed by atoms with Crippen LogP contribution >= 0.6 is 15.9 Å². The van der Waals surface area contributed by atoms with E-state index in [2.05, 4.69) is 28.2 Å². The van der Waals surface area contributed by atoms with Gasteiger partial charge in [0.15, 0.2) is 11.5 Å². The fourth-order valence-corrected chi connectivity index (χ4v) is 3.02. The number of hydrogen-bond acceptors (Lipinski definition) is 4. The second-order valence-electron chi connectivity index (χ2n) is 5.64. The van der Waals surface area contributed by atoms with E-state index in [1.165, 1.54) is 18.7 Å². The lowest BCUT2D eigenvalue weighted by molar-refractivity contribution is -0.112. The molecule has 0 unspecified atom stereocenters. The first kappa shape index (κ1) is 20.5. The average molecular weight is 429 g/mol. The minimum atomic E-state index is -0.467. The molecular weight excluding hydrogens is 408 g/mol. The van der Waals surface area contributed by atoms with Gasteiger partial charge in [0.25, 0.3) is 5.91 Å². The predicted octanol–water partition coefficient (Wildman–Crippen LogP) is 4.96. The summed E-state index contributed by atoms with van der Waals surface area (Å²) < 4.78 is 11.6. The molecule has 2 aromatic rings. The maximum absolute atomic E-state index is 12.4. The van der Waals surface area contributed by atoms with E-state index in [1.54, 1.807) is 12.1 Å². The van der Waals surface area contributed by atoms with Crippen LogP contribution in [0.25, 0.3) is 6.08 Å². The van der Waals surface area contributed by atoms with E-state index in [1.807, 2.05) is 37.3 Å². The molecule has 27 heavy (non-hydrogen) atoms. The van der Waals surface area contributed by atoms with Gasteiger partial charge in [0, 0.05) is 5.69 Å². The Morgan fingerprint density at radius 1 is 1.26 bits per heavy atom. The van der Waals surface area contributed by atoms with E-state index < -0.39 is 5.91 Å². The molecule has 0 spiro atoms. The lowest BCUT2D eigenvalue weighted by Crippen LogP contribution is -2.13. The van der Waals surface area contributed by atoms with Gasteiger partial charge >= 0.3 is 0 Å². The van der Waals surface area contributed by atoms with Crippen molar-refractivity contribution in [3.8, 4) is 17.6 Å². The molecule has 2 rings (SSSR count). The van der Waals surface area contributed by atoms with Gasteiger partial charge < -0.3 is 14.8 Å². The molecule has 5 nitrogen and oxygen atoms in total. The lowest BCUT2D eigenvalue weighted by Gasteiger charge is -2.12. The summed E-state index contributed by atoms with van der Waals surface area (Å²) >= 11 is 3.44. The monoisotopic (exact) mass is 428 g/mol. The molecule has 0 atom stereocenters. The maximum atomic E-state index is 12.4. The van der Waals surface area contributed by atoms with Crippen molar-refractivity contribution in [1.82, 2.24) is 0 Å². The molecule has 0 aliphatic carbocycles. The molecule has 0 aromatic heterocycles. The SMILES string of the molecule is CCOc1c(Br)cc(/C=C(/C#N)C(=O)Nc2ccc(CC)cc2)cc1OC. The summed E-state index contributed by atoms with van der Waals surface area (Å²) in [6.45, 7) is 4.44. The fraction of sp³-hybridized carbons (Fsp3) is 0.238. The third kappa shape index (κ3) is 5.35. The number of benzene rings is 2. The van der Waals surface area contributed by atoms with Crippen LogP contribution in [0.1, 0.15) is 25.0 Å². The van der Waals surface area contributed by atoms with Crippen molar-refractivity contribution in [2.45, 2.75) is 20.3 Å². The van der Waals surface area contributed by atoms with E-state index in [0.717, 1.165) is 6.42 Å². The summed E-state index contributed by atoms with van der Waals surface area (Å²) in [6.07, 6.45) is 2.44. The van der Waals surface area contributed by atoms with Crippen molar-refractivity contribution >= 4 is 33.6 Å². The van der Waals surface area contributed by atoms with Crippen molar-refractivity contribution in [3.05, 3.63) is 57.6 Å². The van der Waals surface area contributed by atoms with E-state index in [-0.39, 0.29) is 5.57 Å². The number of methoxy groups -OCH3 is 1. The maximum Gasteiger partial charge on any atom is 0.266 e. The minimum absolute atomic E-state index is 0.00678. The number of nitriles is 1. The number of amides is 1. The first-order chi connectivity index (χ1) is 13.0. The quantitative estimate of drug-likeness (QED) is 0.499. The number of aryl methyl sites for hydroxylation is 1. The Balaban J connectivity index is 2.27. The standard InChI is InChI=1S/C21H21BrN2O3/c1-4-14-6-8-17(9-7-14)24-21(25)16(13-23)10-15-11-18(22)20(27-5-2)19(12-15)26-3/h6-12H,4-5H2,1-3H3,(H,24,25)/b16-10-. The third-order valence-electron chi connectivity index (χ3n) is 3.84. The summed E-state index contributed by atoms with van der Waals surface area (Å²) in [5.41, 5.74) is 2.46. The zero-order chi connectivity index (χ0) is 19.8. The van der Waals surface area contributed by atoms with Crippen LogP contribution in [0, 0.1) is 11.3 Å². The first-order valence-corrected chi connectivity index (χ1v) is 9.34. The van der Waals surface area contributed by atoms with Crippen LogP contribution in [0.4, 0.5) is 5.69 Å². The molecular formula is C21H21BrN2O3. The summed E-state index contributed by atoms with van der Waals surface area (Å²) in [5.74, 6) is 0.632. The van der Waals surface area contributed by atoms with Crippen molar-refractivity contribution in [3.63, 3.8) is 0 Å². The molecule has 0 radical (unpaired) electrons. The Morgan fingerprint density at radius 3 is 2.52 bits per heavy atom. The number of carbonyl (C=O) groups excluding carboxylic acids is 1. The van der Waals surface area contributed by atoms with Gasteiger partial charge in [0.05, 0.1) is 18.2 Å². The molecule has 0 aliphatic rings. The normalized spacial score (nSPS) is 10.9. The van der Waals surface area contributed by atoms with Gasteiger partial charge in [-0.2, -0.15) is 5.26 Å². The molecule has 0 saturated heterocycles. The summed E-state index contributed by atoms with van der Waals surface area (Å²) in [5, 5.41) is 12.1. The molecule has 0 aliphatic heterocycles. The summed E-state index contributed by atoms with van der Waals surface area (Å²) in [7, 11) is 1.54. The van der Waals surface area contributed by atoms with Crippen LogP contribution in [0.5, 0.6) is 11.5 Å². The van der Waals surface area contributed by atoms with Crippen molar-refractivity contribution in [2.75, 3.05) is 19.0 Å². The Bertz CT molecular complexity index is 884. The van der Waals surface area contributed by atoms with Crippen molar-refractivity contribution in [1.29, 1.82) is 5.26 Å². The number of anilines is 1. The van der Waals surface area contributed by atoms with Crippen LogP contribution in [0.15, 0.2) is 46.4 Å². The zero-order valence-electron chi connectivity index (χ0n) is 15.5. The molecule has 0 bridgehead atoms. The highest BCUT2D eigenvalue weighted by Gasteiger charge is 2.13. The van der Waals surface area contributed by atoms with Gasteiger partial charge in [-0.1, -0.05) is 19.1 Å². The third-order valence-corrected chi connectivity index (χ3v) is 4.43. The molecule has 2 aromatic carbocycles. The number of hydrogen-bond donors (Lipinski definition) is 1. The van der Waals surface area contributed by atoms with Crippen LogP contribution in [0.2, 0.25) is 0 Å². The fourth-order valence-electron chi connectivity index (χ4n) is 2.44. The van der Waals surface area contributed by atoms with Crippen molar-refractivity contribution in [2.24, 2.45) is 0 Å². The van der Waals surface area contributed by atoms with Crippen LogP contribution in [0.3, 0.4) is 0 Å². The van der Waals surface area contributed by atoms with E-state index in [9.17, 15) is 10.1 Å². The predicted molar refractivity (Wildman–Crippen MR) is 110 cm³/mol. The number of ether oxygens (including phenoxy) is 2. The number of halogens is 1.